The fourth-order valence-electron chi connectivity index (χ4n) is 1.88. The summed E-state index contributed by atoms with van der Waals surface area (Å²) >= 11 is 0. The number of furan rings is 1. The maximum absolute atomic E-state index is 12.2. The molecule has 1 aromatic carbocycles. The number of hydrazine groups is 1. The Kier molecular flexibility index (Phi) is 5.37. The molecule has 2 amide bonds. The van der Waals surface area contributed by atoms with E-state index < -0.39 is 21.8 Å². The van der Waals surface area contributed by atoms with Gasteiger partial charge in [0.2, 0.25) is 0 Å². The van der Waals surface area contributed by atoms with E-state index in [1.165, 1.54) is 12.3 Å². The third-order valence-corrected chi connectivity index (χ3v) is 4.53. The van der Waals surface area contributed by atoms with Crippen LogP contribution in [0.5, 0.6) is 0 Å². The second kappa shape index (κ2) is 7.28. The number of sulfonamides is 1. The van der Waals surface area contributed by atoms with Gasteiger partial charge in [-0.2, -0.15) is 0 Å². The summed E-state index contributed by atoms with van der Waals surface area (Å²) in [6.45, 7) is 3.40. The molecule has 0 bridgehead atoms. The van der Waals surface area contributed by atoms with Crippen molar-refractivity contribution in [2.75, 3.05) is 0 Å². The van der Waals surface area contributed by atoms with Crippen molar-refractivity contribution in [3.63, 3.8) is 0 Å². The summed E-state index contributed by atoms with van der Waals surface area (Å²) < 4.78 is 29.4. The van der Waals surface area contributed by atoms with Gasteiger partial charge < -0.3 is 9.73 Å². The summed E-state index contributed by atoms with van der Waals surface area (Å²) in [6, 6.07) is 8.17. The number of hydrogen-bond acceptors (Lipinski definition) is 5. The van der Waals surface area contributed by atoms with Crippen LogP contribution in [0.15, 0.2) is 45.9 Å². The maximum atomic E-state index is 12.2. The van der Waals surface area contributed by atoms with Gasteiger partial charge in [0.25, 0.3) is 10.0 Å². The van der Waals surface area contributed by atoms with Crippen molar-refractivity contribution in [2.24, 2.45) is 0 Å². The Morgan fingerprint density at radius 3 is 2.54 bits per heavy atom. The van der Waals surface area contributed by atoms with E-state index in [0.717, 1.165) is 5.56 Å². The van der Waals surface area contributed by atoms with Crippen molar-refractivity contribution in [2.45, 2.75) is 25.3 Å². The lowest BCUT2D eigenvalue weighted by molar-refractivity contribution is -0.139. The van der Waals surface area contributed by atoms with Crippen LogP contribution < -0.4 is 15.6 Å². The fourth-order valence-corrected chi connectivity index (χ4v) is 3.05. The summed E-state index contributed by atoms with van der Waals surface area (Å²) in [5.41, 5.74) is 3.15. The van der Waals surface area contributed by atoms with Crippen LogP contribution in [-0.2, 0) is 26.2 Å². The molecule has 0 radical (unpaired) electrons. The Morgan fingerprint density at radius 1 is 1.12 bits per heavy atom. The molecule has 3 N–H and O–H groups in total. The molecule has 0 unspecified atom stereocenters. The summed E-state index contributed by atoms with van der Waals surface area (Å²) in [6.07, 6.45) is 1.43. The first-order valence-corrected chi connectivity index (χ1v) is 8.47. The van der Waals surface area contributed by atoms with E-state index >= 15 is 0 Å². The average molecular weight is 351 g/mol. The van der Waals surface area contributed by atoms with Crippen molar-refractivity contribution in [1.29, 1.82) is 0 Å². The van der Waals surface area contributed by atoms with Gasteiger partial charge >= 0.3 is 11.8 Å². The van der Waals surface area contributed by atoms with Crippen LogP contribution >= 0.6 is 0 Å². The molecule has 0 saturated heterocycles. The summed E-state index contributed by atoms with van der Waals surface area (Å²) in [7, 11) is -3.98. The van der Waals surface area contributed by atoms with E-state index in [2.05, 4.69) is 5.32 Å². The van der Waals surface area contributed by atoms with Crippen LogP contribution in [0, 0.1) is 13.8 Å². The molecular formula is C15H17N3O5S. The quantitative estimate of drug-likeness (QED) is 0.536. The topological polar surface area (TPSA) is 118 Å². The molecular weight excluding hydrogens is 334 g/mol. The molecule has 1 heterocycles. The van der Waals surface area contributed by atoms with Crippen molar-refractivity contribution >= 4 is 21.8 Å². The van der Waals surface area contributed by atoms with E-state index in [1.54, 1.807) is 38.1 Å². The maximum Gasteiger partial charge on any atom is 0.324 e. The molecule has 0 aliphatic rings. The van der Waals surface area contributed by atoms with E-state index in [9.17, 15) is 18.0 Å². The molecule has 9 heteroatoms. The standard InChI is InChI=1S/C15H17N3O5S/c1-10-5-6-11(2)13(8-10)24(21,22)18-17-15(20)14(19)16-9-12-4-3-7-23-12/h3-8,18H,9H2,1-2H3,(H,16,19)(H,17,20). The van der Waals surface area contributed by atoms with Gasteiger partial charge in [0.15, 0.2) is 0 Å². The molecule has 0 aliphatic heterocycles. The molecule has 2 rings (SSSR count). The third kappa shape index (κ3) is 4.43. The Bertz CT molecular complexity index is 844. The largest absolute Gasteiger partial charge is 0.467 e. The lowest BCUT2D eigenvalue weighted by Gasteiger charge is -2.11. The lowest BCUT2D eigenvalue weighted by atomic mass is 10.2. The zero-order valence-electron chi connectivity index (χ0n) is 13.1. The number of nitrogens with one attached hydrogen (secondary N) is 3. The molecule has 0 spiro atoms. The summed E-state index contributed by atoms with van der Waals surface area (Å²) in [5, 5.41) is 2.30. The van der Waals surface area contributed by atoms with Crippen LogP contribution in [0.25, 0.3) is 0 Å². The number of carbonyl (C=O) groups excluding carboxylic acids is 2. The number of carbonyl (C=O) groups is 2. The van der Waals surface area contributed by atoms with Gasteiger partial charge in [0.1, 0.15) is 5.76 Å². The highest BCUT2D eigenvalue weighted by Crippen LogP contribution is 2.15. The minimum absolute atomic E-state index is 0.0169. The number of benzene rings is 1. The number of rotatable bonds is 5. The third-order valence-electron chi connectivity index (χ3n) is 3.14. The van der Waals surface area contributed by atoms with E-state index in [4.69, 9.17) is 4.42 Å². The first-order chi connectivity index (χ1) is 11.3. The summed E-state index contributed by atoms with van der Waals surface area (Å²) in [5.74, 6) is -1.65. The van der Waals surface area contributed by atoms with Gasteiger partial charge in [-0.15, -0.1) is 4.83 Å². The van der Waals surface area contributed by atoms with Crippen LogP contribution in [-0.4, -0.2) is 20.2 Å². The van der Waals surface area contributed by atoms with Gasteiger partial charge in [-0.05, 0) is 43.2 Å². The average Bonchev–Trinajstić information content (AvgIpc) is 3.06. The molecule has 128 valence electrons. The molecule has 0 atom stereocenters. The Labute approximate surface area is 139 Å². The Hall–Kier alpha value is -2.65. The van der Waals surface area contributed by atoms with Crippen LogP contribution in [0.2, 0.25) is 0 Å². The van der Waals surface area contributed by atoms with Gasteiger partial charge in [-0.1, -0.05) is 12.1 Å². The van der Waals surface area contributed by atoms with Crippen LogP contribution in [0.4, 0.5) is 0 Å². The van der Waals surface area contributed by atoms with Gasteiger partial charge in [-0.3, -0.25) is 15.0 Å². The molecule has 8 nitrogen and oxygen atoms in total. The highest BCUT2D eigenvalue weighted by Gasteiger charge is 2.20. The Balaban J connectivity index is 1.94. The second-order valence-corrected chi connectivity index (χ2v) is 6.74. The summed E-state index contributed by atoms with van der Waals surface area (Å²) in [4.78, 5) is 25.2. The minimum Gasteiger partial charge on any atom is -0.467 e. The molecule has 0 fully saturated rings. The van der Waals surface area contributed by atoms with Crippen molar-refractivity contribution in [3.8, 4) is 0 Å². The number of amides is 2. The van der Waals surface area contributed by atoms with Crippen molar-refractivity contribution in [3.05, 3.63) is 53.5 Å². The predicted octanol–water partition coefficient (Wildman–Crippen LogP) is 0.522. The minimum atomic E-state index is -3.98. The highest BCUT2D eigenvalue weighted by atomic mass is 32.2. The molecule has 2 aromatic rings. The predicted molar refractivity (Wildman–Crippen MR) is 84.9 cm³/mol. The zero-order valence-corrected chi connectivity index (χ0v) is 13.9. The van der Waals surface area contributed by atoms with Gasteiger partial charge in [0.05, 0.1) is 17.7 Å². The molecule has 0 aliphatic carbocycles. The van der Waals surface area contributed by atoms with E-state index in [1.807, 2.05) is 10.3 Å². The van der Waals surface area contributed by atoms with Crippen molar-refractivity contribution < 1.29 is 22.4 Å². The van der Waals surface area contributed by atoms with E-state index in [-0.39, 0.29) is 11.4 Å². The van der Waals surface area contributed by atoms with Crippen LogP contribution in [0.3, 0.4) is 0 Å². The highest BCUT2D eigenvalue weighted by molar-refractivity contribution is 7.89. The smallest absolute Gasteiger partial charge is 0.324 e. The second-order valence-electron chi connectivity index (χ2n) is 5.09. The fraction of sp³-hybridized carbons (Fsp3) is 0.200. The first-order valence-electron chi connectivity index (χ1n) is 6.99. The Morgan fingerprint density at radius 2 is 1.88 bits per heavy atom. The monoisotopic (exact) mass is 351 g/mol. The molecule has 24 heavy (non-hydrogen) atoms. The van der Waals surface area contributed by atoms with E-state index in [0.29, 0.717) is 11.3 Å². The SMILES string of the molecule is Cc1ccc(C)c(S(=O)(=O)NNC(=O)C(=O)NCc2ccco2)c1. The number of aryl methyl sites for hydroxylation is 2. The van der Waals surface area contributed by atoms with Gasteiger partial charge in [0, 0.05) is 0 Å². The lowest BCUT2D eigenvalue weighted by Crippen LogP contribution is -2.48. The first kappa shape index (κ1) is 17.7. The zero-order chi connectivity index (χ0) is 17.7. The molecule has 1 aromatic heterocycles. The van der Waals surface area contributed by atoms with Gasteiger partial charge in [-0.25, -0.2) is 8.42 Å². The molecule has 0 saturated carbocycles. The normalized spacial score (nSPS) is 11.1. The van der Waals surface area contributed by atoms with Crippen molar-refractivity contribution in [1.82, 2.24) is 15.6 Å². The van der Waals surface area contributed by atoms with Crippen LogP contribution in [0.1, 0.15) is 16.9 Å². The number of hydrogen-bond donors (Lipinski definition) is 3.